The van der Waals surface area contributed by atoms with E-state index in [-0.39, 0.29) is 12.7 Å². The van der Waals surface area contributed by atoms with Crippen LogP contribution >= 0.6 is 0 Å². The fourth-order valence-electron chi connectivity index (χ4n) is 1.67. The van der Waals surface area contributed by atoms with Gasteiger partial charge in [-0.15, -0.1) is 0 Å². The van der Waals surface area contributed by atoms with Gasteiger partial charge in [0.15, 0.2) is 12.4 Å². The fraction of sp³-hybridized carbons (Fsp3) is 0.333. The Bertz CT molecular complexity index is 444. The highest BCUT2D eigenvalue weighted by atomic mass is 16.6. The van der Waals surface area contributed by atoms with E-state index in [1.54, 1.807) is 12.1 Å². The number of benzene rings is 1. The number of cyclic esters (lactones) is 1. The summed E-state index contributed by atoms with van der Waals surface area (Å²) in [4.78, 5) is 21.7. The van der Waals surface area contributed by atoms with Gasteiger partial charge in [0.25, 0.3) is 0 Å². The van der Waals surface area contributed by atoms with Gasteiger partial charge in [0.05, 0.1) is 12.1 Å². The first kappa shape index (κ1) is 11.4. The van der Waals surface area contributed by atoms with E-state index in [9.17, 15) is 9.59 Å². The van der Waals surface area contributed by atoms with Crippen LogP contribution < -0.4 is 10.1 Å². The SMILES string of the molecule is Cc1cccc(C=O)c1OCC1CNC(=O)O1. The van der Waals surface area contributed by atoms with Gasteiger partial charge in [0.1, 0.15) is 12.4 Å². The van der Waals surface area contributed by atoms with Crippen LogP contribution in [0.1, 0.15) is 15.9 Å². The second-order valence-corrected chi connectivity index (χ2v) is 3.83. The number of nitrogens with one attached hydrogen (secondary N) is 1. The van der Waals surface area contributed by atoms with Crippen molar-refractivity contribution in [3.05, 3.63) is 29.3 Å². The molecule has 1 aromatic rings. The quantitative estimate of drug-likeness (QED) is 0.799. The maximum absolute atomic E-state index is 10.8. The third-order valence-corrected chi connectivity index (χ3v) is 2.53. The summed E-state index contributed by atoms with van der Waals surface area (Å²) in [5.74, 6) is 0.547. The van der Waals surface area contributed by atoms with Crippen molar-refractivity contribution >= 4 is 12.4 Å². The second kappa shape index (κ2) is 4.86. The highest BCUT2D eigenvalue weighted by Gasteiger charge is 2.23. The lowest BCUT2D eigenvalue weighted by molar-refractivity contribution is 0.102. The number of alkyl carbamates (subject to hydrolysis) is 1. The molecule has 1 fully saturated rings. The van der Waals surface area contributed by atoms with Crippen LogP contribution in [0.25, 0.3) is 0 Å². The number of aryl methyl sites for hydroxylation is 1. The van der Waals surface area contributed by atoms with Crippen LogP contribution in [-0.4, -0.2) is 31.6 Å². The molecular formula is C12H13NO4. The van der Waals surface area contributed by atoms with Crippen molar-refractivity contribution in [2.24, 2.45) is 0 Å². The Labute approximate surface area is 98.7 Å². The molecule has 1 aliphatic rings. The van der Waals surface area contributed by atoms with Gasteiger partial charge in [-0.1, -0.05) is 12.1 Å². The average molecular weight is 235 g/mol. The van der Waals surface area contributed by atoms with E-state index in [0.29, 0.717) is 17.9 Å². The Kier molecular flexibility index (Phi) is 3.27. The van der Waals surface area contributed by atoms with Crippen molar-refractivity contribution < 1.29 is 19.1 Å². The first-order valence-corrected chi connectivity index (χ1v) is 5.33. The van der Waals surface area contributed by atoms with Crippen molar-refractivity contribution in [1.29, 1.82) is 0 Å². The molecule has 1 unspecified atom stereocenters. The minimum Gasteiger partial charge on any atom is -0.489 e. The first-order chi connectivity index (χ1) is 8.20. The van der Waals surface area contributed by atoms with E-state index in [2.05, 4.69) is 5.32 Å². The summed E-state index contributed by atoms with van der Waals surface area (Å²) in [5, 5.41) is 2.54. The standard InChI is InChI=1S/C12H13NO4/c1-8-3-2-4-9(6-14)11(8)16-7-10-5-13-12(15)17-10/h2-4,6,10H,5,7H2,1H3,(H,13,15). The number of ether oxygens (including phenoxy) is 2. The van der Waals surface area contributed by atoms with Crippen molar-refractivity contribution in [2.45, 2.75) is 13.0 Å². The molecule has 1 heterocycles. The summed E-state index contributed by atoms with van der Waals surface area (Å²) < 4.78 is 10.5. The van der Waals surface area contributed by atoms with E-state index in [4.69, 9.17) is 9.47 Å². The average Bonchev–Trinajstić information content (AvgIpc) is 2.73. The molecule has 0 aliphatic carbocycles. The normalized spacial score (nSPS) is 18.4. The molecule has 0 spiro atoms. The highest BCUT2D eigenvalue weighted by molar-refractivity contribution is 5.80. The molecule has 2 rings (SSSR count). The van der Waals surface area contributed by atoms with Gasteiger partial charge < -0.3 is 14.8 Å². The van der Waals surface area contributed by atoms with Gasteiger partial charge in [-0.25, -0.2) is 4.79 Å². The summed E-state index contributed by atoms with van der Waals surface area (Å²) in [5.41, 5.74) is 1.38. The minimum absolute atomic E-state index is 0.241. The van der Waals surface area contributed by atoms with Crippen molar-refractivity contribution in [3.63, 3.8) is 0 Å². The molecule has 0 aromatic heterocycles. The van der Waals surface area contributed by atoms with Gasteiger partial charge in [0, 0.05) is 0 Å². The fourth-order valence-corrected chi connectivity index (χ4v) is 1.67. The molecular weight excluding hydrogens is 222 g/mol. The number of hydrogen-bond donors (Lipinski definition) is 1. The molecule has 1 aromatic carbocycles. The Hall–Kier alpha value is -2.04. The van der Waals surface area contributed by atoms with Crippen molar-refractivity contribution in [3.8, 4) is 5.75 Å². The molecule has 0 radical (unpaired) electrons. The second-order valence-electron chi connectivity index (χ2n) is 3.83. The zero-order valence-corrected chi connectivity index (χ0v) is 9.43. The van der Waals surface area contributed by atoms with Gasteiger partial charge in [-0.2, -0.15) is 0 Å². The molecule has 5 heteroatoms. The Morgan fingerprint density at radius 2 is 2.41 bits per heavy atom. The van der Waals surface area contributed by atoms with Gasteiger partial charge in [-0.3, -0.25) is 4.79 Å². The third kappa shape index (κ3) is 2.55. The van der Waals surface area contributed by atoms with E-state index in [0.717, 1.165) is 11.8 Å². The minimum atomic E-state index is -0.431. The zero-order chi connectivity index (χ0) is 12.3. The smallest absolute Gasteiger partial charge is 0.407 e. The van der Waals surface area contributed by atoms with Gasteiger partial charge >= 0.3 is 6.09 Å². The molecule has 1 N–H and O–H groups in total. The number of carbonyl (C=O) groups is 2. The number of carbonyl (C=O) groups excluding carboxylic acids is 2. The van der Waals surface area contributed by atoms with Crippen LogP contribution in [0.15, 0.2) is 18.2 Å². The van der Waals surface area contributed by atoms with Crippen LogP contribution in [0.4, 0.5) is 4.79 Å². The predicted molar refractivity (Wildman–Crippen MR) is 60.3 cm³/mol. The number of amides is 1. The summed E-state index contributed by atoms with van der Waals surface area (Å²) in [7, 11) is 0. The molecule has 90 valence electrons. The van der Waals surface area contributed by atoms with E-state index >= 15 is 0 Å². The monoisotopic (exact) mass is 235 g/mol. The number of hydrogen-bond acceptors (Lipinski definition) is 4. The first-order valence-electron chi connectivity index (χ1n) is 5.33. The number of para-hydroxylation sites is 1. The molecule has 1 amide bonds. The van der Waals surface area contributed by atoms with Crippen LogP contribution in [0.2, 0.25) is 0 Å². The van der Waals surface area contributed by atoms with E-state index in [1.165, 1.54) is 0 Å². The van der Waals surface area contributed by atoms with E-state index in [1.807, 2.05) is 13.0 Å². The lowest BCUT2D eigenvalue weighted by Crippen LogP contribution is -2.22. The Morgan fingerprint density at radius 1 is 1.59 bits per heavy atom. The van der Waals surface area contributed by atoms with E-state index < -0.39 is 6.09 Å². The lowest BCUT2D eigenvalue weighted by atomic mass is 10.1. The van der Waals surface area contributed by atoms with Crippen molar-refractivity contribution in [2.75, 3.05) is 13.2 Å². The summed E-state index contributed by atoms with van der Waals surface area (Å²) >= 11 is 0. The predicted octanol–water partition coefficient (Wildman–Crippen LogP) is 1.29. The van der Waals surface area contributed by atoms with Gasteiger partial charge in [-0.05, 0) is 18.6 Å². The molecule has 17 heavy (non-hydrogen) atoms. The summed E-state index contributed by atoms with van der Waals surface area (Å²) in [6.07, 6.45) is 0.0157. The Morgan fingerprint density at radius 3 is 3.06 bits per heavy atom. The largest absolute Gasteiger partial charge is 0.489 e. The third-order valence-electron chi connectivity index (χ3n) is 2.53. The molecule has 5 nitrogen and oxygen atoms in total. The van der Waals surface area contributed by atoms with Gasteiger partial charge in [0.2, 0.25) is 0 Å². The molecule has 1 aliphatic heterocycles. The molecule has 0 bridgehead atoms. The van der Waals surface area contributed by atoms with Crippen molar-refractivity contribution in [1.82, 2.24) is 5.32 Å². The van der Waals surface area contributed by atoms with Crippen LogP contribution in [0, 0.1) is 6.92 Å². The zero-order valence-electron chi connectivity index (χ0n) is 9.43. The molecule has 1 saturated heterocycles. The highest BCUT2D eigenvalue weighted by Crippen LogP contribution is 2.22. The maximum Gasteiger partial charge on any atom is 0.407 e. The number of rotatable bonds is 4. The summed E-state index contributed by atoms with van der Waals surface area (Å²) in [6.45, 7) is 2.53. The maximum atomic E-state index is 10.8. The molecule has 0 saturated carbocycles. The van der Waals surface area contributed by atoms with Crippen LogP contribution in [0.3, 0.4) is 0 Å². The Balaban J connectivity index is 2.03. The molecule has 1 atom stereocenters. The topological polar surface area (TPSA) is 64.6 Å². The lowest BCUT2D eigenvalue weighted by Gasteiger charge is -2.13. The van der Waals surface area contributed by atoms with Crippen LogP contribution in [-0.2, 0) is 4.74 Å². The summed E-state index contributed by atoms with van der Waals surface area (Å²) in [6, 6.07) is 5.35. The number of aldehydes is 1. The van der Waals surface area contributed by atoms with Crippen LogP contribution in [0.5, 0.6) is 5.75 Å².